The molecule has 1 aromatic heterocycles. The van der Waals surface area contributed by atoms with E-state index in [4.69, 9.17) is 11.0 Å². The average molecular weight is 336 g/mol. The Morgan fingerprint density at radius 1 is 1.47 bits per heavy atom. The van der Waals surface area contributed by atoms with Crippen LogP contribution in [0.15, 0.2) is 34.1 Å². The Hall–Kier alpha value is -1.84. The maximum Gasteiger partial charge on any atom is 0.249 e. The monoisotopic (exact) mass is 335 g/mol. The first-order chi connectivity index (χ1) is 9.10. The predicted molar refractivity (Wildman–Crippen MR) is 79.0 cm³/mol. The minimum Gasteiger partial charge on any atom is -0.379 e. The number of carbonyl (C=O) groups excluding carboxylic acids is 1. The number of amides is 1. The van der Waals surface area contributed by atoms with Gasteiger partial charge in [-0.3, -0.25) is 4.79 Å². The number of carbonyl (C=O) groups is 1. The molecule has 0 spiro atoms. The molecule has 6 heteroatoms. The summed E-state index contributed by atoms with van der Waals surface area (Å²) in [6, 6.07) is 9.19. The average Bonchev–Trinajstić information content (AvgIpc) is 2.86. The van der Waals surface area contributed by atoms with Crippen LogP contribution in [0.3, 0.4) is 0 Å². The number of benzene rings is 1. The lowest BCUT2D eigenvalue weighted by atomic mass is 10.2. The number of nitrogens with one attached hydrogen (secondary N) is 1. The Kier molecular flexibility index (Phi) is 4.20. The van der Waals surface area contributed by atoms with Gasteiger partial charge in [0.2, 0.25) is 5.91 Å². The van der Waals surface area contributed by atoms with Gasteiger partial charge in [-0.2, -0.15) is 5.26 Å². The predicted octanol–water partition coefficient (Wildman–Crippen LogP) is 3.09. The minimum absolute atomic E-state index is 0.415. The Balaban J connectivity index is 2.06. The lowest BCUT2D eigenvalue weighted by Gasteiger charge is -2.07. The van der Waals surface area contributed by atoms with Crippen molar-refractivity contribution in [3.8, 4) is 6.07 Å². The van der Waals surface area contributed by atoms with Gasteiger partial charge in [-0.15, -0.1) is 11.3 Å². The highest BCUT2D eigenvalue weighted by atomic mass is 79.9. The van der Waals surface area contributed by atoms with E-state index in [0.29, 0.717) is 17.7 Å². The topological polar surface area (TPSA) is 78.9 Å². The third kappa shape index (κ3) is 3.34. The molecule has 2 rings (SSSR count). The van der Waals surface area contributed by atoms with Crippen LogP contribution in [0.2, 0.25) is 0 Å². The maximum absolute atomic E-state index is 11.0. The summed E-state index contributed by atoms with van der Waals surface area (Å²) >= 11 is 4.89. The van der Waals surface area contributed by atoms with E-state index in [0.717, 1.165) is 15.0 Å². The van der Waals surface area contributed by atoms with Crippen molar-refractivity contribution in [2.75, 3.05) is 5.32 Å². The number of anilines is 1. The van der Waals surface area contributed by atoms with E-state index < -0.39 is 5.91 Å². The lowest BCUT2D eigenvalue weighted by Crippen LogP contribution is -2.09. The second-order valence-corrected chi connectivity index (χ2v) is 5.68. The molecule has 1 aromatic carbocycles. The van der Waals surface area contributed by atoms with Crippen LogP contribution in [0, 0.1) is 11.3 Å². The standard InChI is InChI=1S/C13H10BrN3OS/c14-11-3-8(5-15)1-2-12(11)17-6-10-4-9(7-19-10)13(16)18/h1-4,7,17H,6H2,(H2,16,18). The van der Waals surface area contributed by atoms with Crippen molar-refractivity contribution in [1.82, 2.24) is 0 Å². The number of nitrogens with zero attached hydrogens (tertiary/aromatic N) is 1. The summed E-state index contributed by atoms with van der Waals surface area (Å²) in [5.41, 5.74) is 7.23. The fraction of sp³-hybridized carbons (Fsp3) is 0.0769. The molecule has 4 nitrogen and oxygen atoms in total. The first kappa shape index (κ1) is 13.6. The van der Waals surface area contributed by atoms with Crippen LogP contribution >= 0.6 is 27.3 Å². The normalized spacial score (nSPS) is 9.89. The molecule has 3 N–H and O–H groups in total. The van der Waals surface area contributed by atoms with E-state index in [9.17, 15) is 4.79 Å². The molecule has 1 heterocycles. The first-order valence-corrected chi connectivity index (χ1v) is 7.08. The molecule has 96 valence electrons. The number of halogens is 1. The van der Waals surface area contributed by atoms with Crippen LogP contribution in [-0.2, 0) is 6.54 Å². The van der Waals surface area contributed by atoms with Crippen LogP contribution in [0.25, 0.3) is 0 Å². The summed E-state index contributed by atoms with van der Waals surface area (Å²) in [6.07, 6.45) is 0. The van der Waals surface area contributed by atoms with Gasteiger partial charge >= 0.3 is 0 Å². The highest BCUT2D eigenvalue weighted by molar-refractivity contribution is 9.10. The summed E-state index contributed by atoms with van der Waals surface area (Å²) in [5, 5.41) is 13.8. The highest BCUT2D eigenvalue weighted by Gasteiger charge is 2.06. The molecule has 0 radical (unpaired) electrons. The van der Waals surface area contributed by atoms with E-state index >= 15 is 0 Å². The molecule has 0 saturated carbocycles. The Morgan fingerprint density at radius 2 is 2.26 bits per heavy atom. The summed E-state index contributed by atoms with van der Waals surface area (Å²) in [4.78, 5) is 12.0. The van der Waals surface area contributed by atoms with Crippen LogP contribution in [0.5, 0.6) is 0 Å². The van der Waals surface area contributed by atoms with Gasteiger partial charge in [0.15, 0.2) is 0 Å². The zero-order valence-corrected chi connectivity index (χ0v) is 12.2. The molecule has 2 aromatic rings. The number of thiophene rings is 1. The van der Waals surface area contributed by atoms with Gasteiger partial charge in [-0.25, -0.2) is 0 Å². The van der Waals surface area contributed by atoms with E-state index in [1.807, 2.05) is 6.07 Å². The molecule has 0 atom stereocenters. The zero-order valence-electron chi connectivity index (χ0n) is 9.81. The summed E-state index contributed by atoms with van der Waals surface area (Å²) < 4.78 is 0.832. The fourth-order valence-electron chi connectivity index (χ4n) is 1.51. The highest BCUT2D eigenvalue weighted by Crippen LogP contribution is 2.25. The van der Waals surface area contributed by atoms with Gasteiger partial charge < -0.3 is 11.1 Å². The van der Waals surface area contributed by atoms with E-state index in [2.05, 4.69) is 27.3 Å². The molecule has 0 bridgehead atoms. The maximum atomic E-state index is 11.0. The van der Waals surface area contributed by atoms with Gasteiger partial charge in [-0.05, 0) is 40.2 Å². The number of rotatable bonds is 4. The van der Waals surface area contributed by atoms with Crippen LogP contribution in [0.4, 0.5) is 5.69 Å². The molecule has 0 aliphatic rings. The van der Waals surface area contributed by atoms with E-state index in [1.165, 1.54) is 11.3 Å². The van der Waals surface area contributed by atoms with E-state index in [-0.39, 0.29) is 0 Å². The van der Waals surface area contributed by atoms with Crippen molar-refractivity contribution in [3.05, 3.63) is 50.1 Å². The van der Waals surface area contributed by atoms with Crippen molar-refractivity contribution < 1.29 is 4.79 Å². The summed E-state index contributed by atoms with van der Waals surface area (Å²) in [7, 11) is 0. The Morgan fingerprint density at radius 3 is 2.84 bits per heavy atom. The van der Waals surface area contributed by atoms with Gasteiger partial charge in [0.1, 0.15) is 0 Å². The fourth-order valence-corrected chi connectivity index (χ4v) is 2.84. The third-order valence-electron chi connectivity index (χ3n) is 2.49. The lowest BCUT2D eigenvalue weighted by molar-refractivity contribution is 0.100. The second-order valence-electron chi connectivity index (χ2n) is 3.83. The molecule has 0 aliphatic heterocycles. The van der Waals surface area contributed by atoms with Crippen molar-refractivity contribution >= 4 is 38.9 Å². The quantitative estimate of drug-likeness (QED) is 0.900. The van der Waals surface area contributed by atoms with Crippen LogP contribution in [-0.4, -0.2) is 5.91 Å². The molecule has 0 fully saturated rings. The second kappa shape index (κ2) is 5.87. The zero-order chi connectivity index (χ0) is 13.8. The van der Waals surface area contributed by atoms with Gasteiger partial charge in [-0.1, -0.05) is 0 Å². The molecule has 19 heavy (non-hydrogen) atoms. The molecule has 0 saturated heterocycles. The SMILES string of the molecule is N#Cc1ccc(NCc2cc(C(N)=O)cs2)c(Br)c1. The molecule has 1 amide bonds. The smallest absolute Gasteiger partial charge is 0.249 e. The van der Waals surface area contributed by atoms with Crippen molar-refractivity contribution in [1.29, 1.82) is 5.26 Å². The van der Waals surface area contributed by atoms with E-state index in [1.54, 1.807) is 23.6 Å². The number of nitriles is 1. The third-order valence-corrected chi connectivity index (χ3v) is 4.08. The molecular weight excluding hydrogens is 326 g/mol. The van der Waals surface area contributed by atoms with Gasteiger partial charge in [0.05, 0.1) is 17.2 Å². The van der Waals surface area contributed by atoms with Crippen molar-refractivity contribution in [2.24, 2.45) is 5.73 Å². The van der Waals surface area contributed by atoms with Gasteiger partial charge in [0.25, 0.3) is 0 Å². The largest absolute Gasteiger partial charge is 0.379 e. The molecule has 0 unspecified atom stereocenters. The number of primary amides is 1. The molecule has 0 aliphatic carbocycles. The number of hydrogen-bond acceptors (Lipinski definition) is 4. The van der Waals surface area contributed by atoms with Crippen LogP contribution in [0.1, 0.15) is 20.8 Å². The number of hydrogen-bond donors (Lipinski definition) is 2. The summed E-state index contributed by atoms with van der Waals surface area (Å²) in [5.74, 6) is -0.415. The molecular formula is C13H10BrN3OS. The van der Waals surface area contributed by atoms with Crippen LogP contribution < -0.4 is 11.1 Å². The van der Waals surface area contributed by atoms with Gasteiger partial charge in [0, 0.05) is 27.0 Å². The summed E-state index contributed by atoms with van der Waals surface area (Å²) in [6.45, 7) is 0.600. The van der Waals surface area contributed by atoms with Crippen molar-refractivity contribution in [3.63, 3.8) is 0 Å². The number of nitrogens with two attached hydrogens (primary N) is 1. The van der Waals surface area contributed by atoms with Crippen molar-refractivity contribution in [2.45, 2.75) is 6.54 Å². The Labute approximate surface area is 123 Å². The Bertz CT molecular complexity index is 660. The first-order valence-electron chi connectivity index (χ1n) is 5.41. The minimum atomic E-state index is -0.415.